The Morgan fingerprint density at radius 1 is 1.00 bits per heavy atom. The van der Waals surface area contributed by atoms with E-state index < -0.39 is 5.25 Å². The summed E-state index contributed by atoms with van der Waals surface area (Å²) in [4.78, 5) is 12.7. The number of nitrogens with zero attached hydrogens (tertiary/aromatic N) is 3. The molecular weight excluding hydrogens is 426 g/mol. The van der Waals surface area contributed by atoms with Crippen molar-refractivity contribution < 1.29 is 14.3 Å². The van der Waals surface area contributed by atoms with Crippen molar-refractivity contribution in [2.24, 2.45) is 0 Å². The van der Waals surface area contributed by atoms with Gasteiger partial charge in [-0.3, -0.25) is 4.79 Å². The summed E-state index contributed by atoms with van der Waals surface area (Å²) in [6, 6.07) is 19.2. The van der Waals surface area contributed by atoms with Crippen LogP contribution in [-0.4, -0.2) is 40.3 Å². The number of carbonyl (C=O) groups excluding carboxylic acids is 1. The average Bonchev–Trinajstić information content (AvgIpc) is 3.18. The van der Waals surface area contributed by atoms with Gasteiger partial charge >= 0.3 is 0 Å². The van der Waals surface area contributed by atoms with Crippen LogP contribution in [0.3, 0.4) is 0 Å². The maximum absolute atomic E-state index is 12.7. The molecule has 0 saturated carbocycles. The van der Waals surface area contributed by atoms with Gasteiger partial charge in [-0.05, 0) is 48.0 Å². The Hall–Kier alpha value is -3.72. The van der Waals surface area contributed by atoms with E-state index in [1.165, 1.54) is 16.4 Å². The van der Waals surface area contributed by atoms with Gasteiger partial charge in [0.1, 0.15) is 0 Å². The summed E-state index contributed by atoms with van der Waals surface area (Å²) in [6.45, 7) is 1.80. The zero-order valence-electron chi connectivity index (χ0n) is 17.9. The number of ether oxygens (including phenoxy) is 2. The molecule has 0 aliphatic carbocycles. The van der Waals surface area contributed by atoms with E-state index in [-0.39, 0.29) is 5.91 Å². The number of hydrogen-bond acceptors (Lipinski definition) is 7. The van der Waals surface area contributed by atoms with Crippen LogP contribution < -0.4 is 20.6 Å². The van der Waals surface area contributed by atoms with Crippen molar-refractivity contribution in [1.82, 2.24) is 14.9 Å². The fourth-order valence-electron chi connectivity index (χ4n) is 3.25. The number of thioether (sulfide) groups is 1. The van der Waals surface area contributed by atoms with Gasteiger partial charge in [-0.25, -0.2) is 4.68 Å². The molecule has 1 amide bonds. The lowest BCUT2D eigenvalue weighted by Crippen LogP contribution is -2.23. The van der Waals surface area contributed by atoms with Gasteiger partial charge in [-0.2, -0.15) is 0 Å². The number of rotatable bonds is 7. The van der Waals surface area contributed by atoms with Crippen molar-refractivity contribution in [3.63, 3.8) is 0 Å². The summed E-state index contributed by atoms with van der Waals surface area (Å²) in [5.74, 6) is 7.70. The summed E-state index contributed by atoms with van der Waals surface area (Å²) in [6.07, 6.45) is 0. The molecule has 32 heavy (non-hydrogen) atoms. The third kappa shape index (κ3) is 4.33. The standard InChI is InChI=1S/C23H23N5O3S/c1-14(22(29)25-18-10-8-15-6-4-5-7-16(15)12-18)32-23-27-26-21(28(23)24)17-9-11-19(30-2)20(13-17)31-3/h4-14H,24H2,1-3H3,(H,25,29). The van der Waals surface area contributed by atoms with Crippen LogP contribution in [-0.2, 0) is 4.79 Å². The van der Waals surface area contributed by atoms with Gasteiger partial charge in [0.05, 0.1) is 19.5 Å². The highest BCUT2D eigenvalue weighted by Gasteiger charge is 2.21. The van der Waals surface area contributed by atoms with Gasteiger partial charge in [-0.15, -0.1) is 10.2 Å². The van der Waals surface area contributed by atoms with Crippen molar-refractivity contribution in [3.8, 4) is 22.9 Å². The monoisotopic (exact) mass is 449 g/mol. The van der Waals surface area contributed by atoms with E-state index in [2.05, 4.69) is 15.5 Å². The topological polar surface area (TPSA) is 104 Å². The maximum atomic E-state index is 12.7. The smallest absolute Gasteiger partial charge is 0.237 e. The second-order valence-corrected chi connectivity index (χ2v) is 8.37. The SMILES string of the molecule is COc1ccc(-c2nnc(SC(C)C(=O)Nc3ccc4ccccc4c3)n2N)cc1OC. The number of fused-ring (bicyclic) bond motifs is 1. The van der Waals surface area contributed by atoms with Crippen LogP contribution in [0.2, 0.25) is 0 Å². The summed E-state index contributed by atoms with van der Waals surface area (Å²) in [5.41, 5.74) is 1.46. The van der Waals surface area contributed by atoms with Crippen molar-refractivity contribution in [3.05, 3.63) is 60.7 Å². The van der Waals surface area contributed by atoms with E-state index in [1.807, 2.05) is 48.5 Å². The van der Waals surface area contributed by atoms with Crippen molar-refractivity contribution in [2.45, 2.75) is 17.3 Å². The van der Waals surface area contributed by atoms with Crippen molar-refractivity contribution in [1.29, 1.82) is 0 Å². The molecule has 1 unspecified atom stereocenters. The normalized spacial score (nSPS) is 11.8. The Bertz CT molecular complexity index is 1270. The van der Waals surface area contributed by atoms with E-state index in [0.717, 1.165) is 22.0 Å². The molecule has 3 aromatic carbocycles. The largest absolute Gasteiger partial charge is 0.493 e. The Kier molecular flexibility index (Phi) is 6.18. The number of nitrogen functional groups attached to an aromatic ring is 1. The minimum atomic E-state index is -0.439. The maximum Gasteiger partial charge on any atom is 0.237 e. The second-order valence-electron chi connectivity index (χ2n) is 7.06. The van der Waals surface area contributed by atoms with Crippen LogP contribution in [0.1, 0.15) is 6.92 Å². The first-order chi connectivity index (χ1) is 15.5. The summed E-state index contributed by atoms with van der Waals surface area (Å²) >= 11 is 1.23. The van der Waals surface area contributed by atoms with E-state index in [9.17, 15) is 4.79 Å². The minimum absolute atomic E-state index is 0.152. The molecule has 0 aliphatic rings. The molecule has 4 aromatic rings. The Balaban J connectivity index is 1.48. The quantitative estimate of drug-likeness (QED) is 0.325. The second kappa shape index (κ2) is 9.19. The number of amides is 1. The lowest BCUT2D eigenvalue weighted by Gasteiger charge is -2.12. The van der Waals surface area contributed by atoms with E-state index in [0.29, 0.717) is 22.5 Å². The number of methoxy groups -OCH3 is 2. The number of aromatic nitrogens is 3. The van der Waals surface area contributed by atoms with Crippen LogP contribution in [0.4, 0.5) is 5.69 Å². The molecule has 8 nitrogen and oxygen atoms in total. The molecule has 0 radical (unpaired) electrons. The number of carbonyl (C=O) groups is 1. The van der Waals surface area contributed by atoms with Gasteiger partial charge < -0.3 is 20.6 Å². The van der Waals surface area contributed by atoms with Crippen molar-refractivity contribution >= 4 is 34.1 Å². The Labute approximate surface area is 189 Å². The molecule has 1 heterocycles. The first-order valence-electron chi connectivity index (χ1n) is 9.89. The van der Waals surface area contributed by atoms with Crippen LogP contribution >= 0.6 is 11.8 Å². The summed E-state index contributed by atoms with van der Waals surface area (Å²) < 4.78 is 12.0. The zero-order valence-corrected chi connectivity index (χ0v) is 18.7. The van der Waals surface area contributed by atoms with E-state index >= 15 is 0 Å². The molecule has 1 aromatic heterocycles. The lowest BCUT2D eigenvalue weighted by molar-refractivity contribution is -0.115. The predicted octanol–water partition coefficient (Wildman–Crippen LogP) is 3.95. The van der Waals surface area contributed by atoms with Crippen LogP contribution in [0.25, 0.3) is 22.2 Å². The molecule has 164 valence electrons. The highest BCUT2D eigenvalue weighted by Crippen LogP contribution is 2.32. The summed E-state index contributed by atoms with van der Waals surface area (Å²) in [7, 11) is 3.13. The average molecular weight is 450 g/mol. The van der Waals surface area contributed by atoms with Gasteiger partial charge in [-0.1, -0.05) is 42.1 Å². The highest BCUT2D eigenvalue weighted by molar-refractivity contribution is 8.00. The molecule has 9 heteroatoms. The number of anilines is 1. The number of benzene rings is 3. The van der Waals surface area contributed by atoms with E-state index in [4.69, 9.17) is 15.3 Å². The fourth-order valence-corrected chi connectivity index (χ4v) is 4.02. The molecule has 0 bridgehead atoms. The van der Waals surface area contributed by atoms with Gasteiger partial charge in [0.15, 0.2) is 17.3 Å². The highest BCUT2D eigenvalue weighted by atomic mass is 32.2. The van der Waals surface area contributed by atoms with Crippen LogP contribution in [0, 0.1) is 0 Å². The first kappa shape index (κ1) is 21.5. The molecule has 3 N–H and O–H groups in total. The summed E-state index contributed by atoms with van der Waals surface area (Å²) in [5, 5.41) is 13.5. The number of nitrogens with one attached hydrogen (secondary N) is 1. The first-order valence-corrected chi connectivity index (χ1v) is 10.8. The molecule has 1 atom stereocenters. The van der Waals surface area contributed by atoms with Gasteiger partial charge in [0.25, 0.3) is 0 Å². The minimum Gasteiger partial charge on any atom is -0.493 e. The molecule has 0 fully saturated rings. The zero-order chi connectivity index (χ0) is 22.7. The molecule has 0 spiro atoms. The Morgan fingerprint density at radius 3 is 2.50 bits per heavy atom. The van der Waals surface area contributed by atoms with Crippen LogP contribution in [0.15, 0.2) is 65.8 Å². The molecule has 0 saturated heterocycles. The van der Waals surface area contributed by atoms with Crippen molar-refractivity contribution in [2.75, 3.05) is 25.4 Å². The number of hydrogen-bond donors (Lipinski definition) is 2. The fraction of sp³-hybridized carbons (Fsp3) is 0.174. The molecular formula is C23H23N5O3S. The van der Waals surface area contributed by atoms with E-state index in [1.54, 1.807) is 33.3 Å². The predicted molar refractivity (Wildman–Crippen MR) is 127 cm³/mol. The van der Waals surface area contributed by atoms with Gasteiger partial charge in [0, 0.05) is 11.3 Å². The third-order valence-electron chi connectivity index (χ3n) is 4.97. The third-order valence-corrected chi connectivity index (χ3v) is 6.03. The van der Waals surface area contributed by atoms with Crippen LogP contribution in [0.5, 0.6) is 11.5 Å². The lowest BCUT2D eigenvalue weighted by atomic mass is 10.1. The Morgan fingerprint density at radius 2 is 1.75 bits per heavy atom. The number of nitrogens with two attached hydrogens (primary N) is 1. The van der Waals surface area contributed by atoms with Gasteiger partial charge in [0.2, 0.25) is 11.1 Å². The molecule has 4 rings (SSSR count). The molecule has 0 aliphatic heterocycles.